The highest BCUT2D eigenvalue weighted by molar-refractivity contribution is 6.18. The van der Waals surface area contributed by atoms with Crippen LogP contribution in [0.25, 0.3) is 106 Å². The number of nitrogens with zero attached hydrogens (tertiary/aromatic N) is 4. The van der Waals surface area contributed by atoms with Crippen molar-refractivity contribution < 1.29 is 5.11 Å². The summed E-state index contributed by atoms with van der Waals surface area (Å²) in [5.74, 6) is 2.11. The topological polar surface area (TPSA) is 63.8 Å². The molecule has 0 atom stereocenters. The summed E-state index contributed by atoms with van der Waals surface area (Å²) in [6.45, 7) is 0. The van der Waals surface area contributed by atoms with E-state index in [4.69, 9.17) is 15.0 Å². The van der Waals surface area contributed by atoms with Gasteiger partial charge in [-0.3, -0.25) is 0 Å². The number of fused-ring (bicyclic) bond motifs is 8. The van der Waals surface area contributed by atoms with Crippen LogP contribution in [0.2, 0.25) is 0 Å². The lowest BCUT2D eigenvalue weighted by atomic mass is 9.88. The van der Waals surface area contributed by atoms with E-state index < -0.39 is 0 Å². The van der Waals surface area contributed by atoms with Crippen LogP contribution in [0.1, 0.15) is 0 Å². The van der Waals surface area contributed by atoms with E-state index in [1.54, 1.807) is 6.07 Å². The number of para-hydroxylation sites is 2. The molecule has 8 aromatic carbocycles. The summed E-state index contributed by atoms with van der Waals surface area (Å²) in [6, 6.07) is 64.6. The number of phenols is 1. The molecule has 0 fully saturated rings. The average Bonchev–Trinajstić information content (AvgIpc) is 3.54. The first-order valence-electron chi connectivity index (χ1n) is 18.8. The summed E-state index contributed by atoms with van der Waals surface area (Å²) in [5, 5.41) is 13.7. The van der Waals surface area contributed by atoms with E-state index >= 15 is 0 Å². The zero-order valence-electron chi connectivity index (χ0n) is 30.1. The van der Waals surface area contributed by atoms with E-state index in [9.17, 15) is 5.11 Å². The zero-order valence-corrected chi connectivity index (χ0v) is 30.1. The van der Waals surface area contributed by atoms with Crippen LogP contribution in [-0.4, -0.2) is 24.6 Å². The molecular formula is C51H32N4O. The molecule has 2 aromatic heterocycles. The maximum atomic E-state index is 11.5. The molecule has 1 aliphatic rings. The van der Waals surface area contributed by atoms with Gasteiger partial charge in [-0.15, -0.1) is 0 Å². The zero-order chi connectivity index (χ0) is 37.2. The molecule has 0 aliphatic carbocycles. The predicted molar refractivity (Wildman–Crippen MR) is 227 cm³/mol. The molecular weight excluding hydrogens is 685 g/mol. The van der Waals surface area contributed by atoms with Gasteiger partial charge in [0.15, 0.2) is 17.5 Å². The Morgan fingerprint density at radius 3 is 1.50 bits per heavy atom. The van der Waals surface area contributed by atoms with Gasteiger partial charge in [-0.25, -0.2) is 15.0 Å². The lowest BCUT2D eigenvalue weighted by Crippen LogP contribution is -2.01. The van der Waals surface area contributed by atoms with Crippen molar-refractivity contribution in [2.45, 2.75) is 0 Å². The molecule has 3 heterocycles. The lowest BCUT2D eigenvalue weighted by Gasteiger charge is -2.20. The van der Waals surface area contributed by atoms with E-state index in [1.165, 1.54) is 0 Å². The molecule has 0 bridgehead atoms. The Hall–Kier alpha value is -7.63. The number of phenolic OH excluding ortho intramolecular Hbond substituents is 1. The molecule has 1 N–H and O–H groups in total. The molecule has 11 rings (SSSR count). The normalized spacial score (nSPS) is 11.6. The number of aromatic hydroxyl groups is 1. The smallest absolute Gasteiger partial charge is 0.164 e. The number of benzene rings is 8. The van der Waals surface area contributed by atoms with E-state index in [0.29, 0.717) is 17.5 Å². The van der Waals surface area contributed by atoms with E-state index in [0.717, 1.165) is 88.7 Å². The SMILES string of the molecule is Oc1cccc(-c2cccc3c2-n2c4ccccc4c4cc(-c5nc(-c6ccccc6)nc(-c6ccccc6)n5)cc(c42)-c2ccccc2-3)c1-c1ccccc1. The summed E-state index contributed by atoms with van der Waals surface area (Å²) in [5.41, 5.74) is 14.2. The van der Waals surface area contributed by atoms with Crippen molar-refractivity contribution in [3.05, 3.63) is 188 Å². The molecule has 0 saturated carbocycles. The van der Waals surface area contributed by atoms with E-state index in [1.807, 2.05) is 84.9 Å². The number of rotatable bonds is 5. The summed E-state index contributed by atoms with van der Waals surface area (Å²) in [6.07, 6.45) is 0. The van der Waals surface area contributed by atoms with Crippen LogP contribution < -0.4 is 0 Å². The molecule has 56 heavy (non-hydrogen) atoms. The molecule has 0 saturated heterocycles. The van der Waals surface area contributed by atoms with Gasteiger partial charge >= 0.3 is 0 Å². The fourth-order valence-electron chi connectivity index (χ4n) is 8.45. The second kappa shape index (κ2) is 12.8. The summed E-state index contributed by atoms with van der Waals surface area (Å²) < 4.78 is 2.44. The first kappa shape index (κ1) is 31.9. The van der Waals surface area contributed by atoms with E-state index in [2.05, 4.69) is 102 Å². The van der Waals surface area contributed by atoms with Gasteiger partial charge in [-0.05, 0) is 46.5 Å². The molecule has 0 unspecified atom stereocenters. The fourth-order valence-corrected chi connectivity index (χ4v) is 8.45. The van der Waals surface area contributed by atoms with Gasteiger partial charge in [-0.1, -0.05) is 164 Å². The van der Waals surface area contributed by atoms with Gasteiger partial charge in [0.2, 0.25) is 0 Å². The first-order valence-corrected chi connectivity index (χ1v) is 18.8. The molecule has 262 valence electrons. The van der Waals surface area contributed by atoms with Gasteiger partial charge in [0.05, 0.1) is 16.7 Å². The Labute approximate surface area is 323 Å². The summed E-state index contributed by atoms with van der Waals surface area (Å²) in [4.78, 5) is 15.3. The summed E-state index contributed by atoms with van der Waals surface area (Å²) in [7, 11) is 0. The Balaban J connectivity index is 1.24. The van der Waals surface area contributed by atoms with Crippen molar-refractivity contribution in [2.24, 2.45) is 0 Å². The van der Waals surface area contributed by atoms with Crippen molar-refractivity contribution in [2.75, 3.05) is 0 Å². The van der Waals surface area contributed by atoms with Crippen LogP contribution in [0.5, 0.6) is 5.75 Å². The Bertz CT molecular complexity index is 3080. The maximum Gasteiger partial charge on any atom is 0.164 e. The third-order valence-electron chi connectivity index (χ3n) is 10.9. The van der Waals surface area contributed by atoms with Gasteiger partial charge in [0.1, 0.15) is 5.75 Å². The minimum Gasteiger partial charge on any atom is -0.507 e. The maximum absolute atomic E-state index is 11.5. The Morgan fingerprint density at radius 2 is 0.839 bits per heavy atom. The van der Waals surface area contributed by atoms with Crippen LogP contribution in [-0.2, 0) is 0 Å². The van der Waals surface area contributed by atoms with Crippen LogP contribution in [0.4, 0.5) is 0 Å². The van der Waals surface area contributed by atoms with Crippen LogP contribution in [0.15, 0.2) is 188 Å². The van der Waals surface area contributed by atoms with Crippen molar-refractivity contribution in [1.82, 2.24) is 19.5 Å². The van der Waals surface area contributed by atoms with Gasteiger partial charge in [0, 0.05) is 49.7 Å². The standard InChI is InChI=1S/C51H32N4O/c56-45-29-15-25-39(46(45)32-16-4-1-5-17-32)41-27-14-26-40-36-22-10-11-23-37(36)42-30-35(31-43-38-24-12-13-28-44(38)55(47(40)41)48(42)43)51-53-49(33-18-6-2-7-19-33)52-50(54-51)34-20-8-3-9-21-34/h1-31,56H. The van der Waals surface area contributed by atoms with Crippen molar-refractivity contribution in [3.63, 3.8) is 0 Å². The Kier molecular flexibility index (Phi) is 7.25. The monoisotopic (exact) mass is 716 g/mol. The van der Waals surface area contributed by atoms with Crippen molar-refractivity contribution in [3.8, 4) is 90.1 Å². The van der Waals surface area contributed by atoms with Crippen LogP contribution >= 0.6 is 0 Å². The largest absolute Gasteiger partial charge is 0.507 e. The van der Waals surface area contributed by atoms with Gasteiger partial charge < -0.3 is 9.67 Å². The minimum absolute atomic E-state index is 0.245. The minimum atomic E-state index is 0.245. The highest BCUT2D eigenvalue weighted by Crippen LogP contribution is 2.51. The van der Waals surface area contributed by atoms with Crippen molar-refractivity contribution >= 4 is 21.8 Å². The molecule has 1 aliphatic heterocycles. The predicted octanol–water partition coefficient (Wildman–Crippen LogP) is 12.7. The highest BCUT2D eigenvalue weighted by Gasteiger charge is 2.29. The van der Waals surface area contributed by atoms with Crippen LogP contribution in [0.3, 0.4) is 0 Å². The lowest BCUT2D eigenvalue weighted by molar-refractivity contribution is 0.477. The molecule has 0 spiro atoms. The highest BCUT2D eigenvalue weighted by atomic mass is 16.3. The number of hydrogen-bond acceptors (Lipinski definition) is 4. The molecule has 0 amide bonds. The molecule has 5 heteroatoms. The van der Waals surface area contributed by atoms with Crippen LogP contribution in [0, 0.1) is 0 Å². The number of aromatic nitrogens is 4. The fraction of sp³-hybridized carbons (Fsp3) is 0. The summed E-state index contributed by atoms with van der Waals surface area (Å²) >= 11 is 0. The Morgan fingerprint density at radius 1 is 0.357 bits per heavy atom. The van der Waals surface area contributed by atoms with E-state index in [-0.39, 0.29) is 5.75 Å². The number of hydrogen-bond donors (Lipinski definition) is 1. The molecule has 0 radical (unpaired) electrons. The average molecular weight is 717 g/mol. The third-order valence-corrected chi connectivity index (χ3v) is 10.9. The van der Waals surface area contributed by atoms with Gasteiger partial charge in [-0.2, -0.15) is 0 Å². The third kappa shape index (κ3) is 4.99. The van der Waals surface area contributed by atoms with Crippen molar-refractivity contribution in [1.29, 1.82) is 0 Å². The van der Waals surface area contributed by atoms with Gasteiger partial charge in [0.25, 0.3) is 0 Å². The second-order valence-corrected chi connectivity index (χ2v) is 14.1. The second-order valence-electron chi connectivity index (χ2n) is 14.1. The quantitative estimate of drug-likeness (QED) is 0.193. The first-order chi connectivity index (χ1) is 27.7. The molecule has 5 nitrogen and oxygen atoms in total. The molecule has 10 aromatic rings.